The van der Waals surface area contributed by atoms with Gasteiger partial charge in [0, 0.05) is 55.9 Å². The van der Waals surface area contributed by atoms with Crippen molar-refractivity contribution in [3.05, 3.63) is 47.9 Å². The lowest BCUT2D eigenvalue weighted by molar-refractivity contribution is 0.172. The van der Waals surface area contributed by atoms with E-state index in [2.05, 4.69) is 56.9 Å². The average Bonchev–Trinajstić information content (AvgIpc) is 2.97. The maximum atomic E-state index is 6.33. The molecule has 3 aromatic rings. The zero-order chi connectivity index (χ0) is 17.4. The third-order valence-corrected chi connectivity index (χ3v) is 4.88. The van der Waals surface area contributed by atoms with Gasteiger partial charge in [0.05, 0.1) is 5.52 Å². The molecule has 0 spiro atoms. The van der Waals surface area contributed by atoms with Gasteiger partial charge in [-0.15, -0.1) is 0 Å². The lowest BCUT2D eigenvalue weighted by atomic mass is 10.1. The van der Waals surface area contributed by atoms with Crippen LogP contribution in [-0.4, -0.2) is 33.7 Å². The minimum absolute atomic E-state index is 0.243. The topological polar surface area (TPSA) is 43.2 Å². The summed E-state index contributed by atoms with van der Waals surface area (Å²) < 4.78 is 8.46. The van der Waals surface area contributed by atoms with Gasteiger partial charge in [0.25, 0.3) is 0 Å². The van der Waals surface area contributed by atoms with Gasteiger partial charge in [-0.2, -0.15) is 0 Å². The highest BCUT2D eigenvalue weighted by Gasteiger charge is 2.23. The molecular formula is C20H24N4O. The van der Waals surface area contributed by atoms with Gasteiger partial charge in [-0.3, -0.25) is 0 Å². The van der Waals surface area contributed by atoms with Crippen LogP contribution in [0.4, 0.5) is 5.95 Å². The number of aromatic nitrogens is 3. The van der Waals surface area contributed by atoms with Crippen LogP contribution in [0.5, 0.6) is 5.75 Å². The second-order valence-electron chi connectivity index (χ2n) is 6.87. The molecule has 0 unspecified atom stereocenters. The Balaban J connectivity index is 1.45. The highest BCUT2D eigenvalue weighted by atomic mass is 16.5. The largest absolute Gasteiger partial charge is 0.490 e. The number of fused-ring (bicyclic) bond motifs is 1. The van der Waals surface area contributed by atoms with E-state index in [1.807, 2.05) is 19.9 Å². The number of rotatable bonds is 3. The molecule has 0 radical (unpaired) electrons. The van der Waals surface area contributed by atoms with Gasteiger partial charge in [0.2, 0.25) is 5.95 Å². The van der Waals surface area contributed by atoms with E-state index in [4.69, 9.17) is 4.74 Å². The van der Waals surface area contributed by atoms with E-state index in [-0.39, 0.29) is 6.10 Å². The molecule has 0 bridgehead atoms. The molecule has 0 amide bonds. The van der Waals surface area contributed by atoms with E-state index >= 15 is 0 Å². The Bertz CT molecular complexity index is 874. The van der Waals surface area contributed by atoms with Crippen molar-refractivity contribution in [2.45, 2.75) is 32.8 Å². The van der Waals surface area contributed by atoms with Crippen LogP contribution >= 0.6 is 0 Å². The van der Waals surface area contributed by atoms with Crippen LogP contribution in [0.1, 0.15) is 24.2 Å². The van der Waals surface area contributed by atoms with Crippen LogP contribution in [0.15, 0.2) is 36.5 Å². The van der Waals surface area contributed by atoms with Crippen molar-refractivity contribution in [1.29, 1.82) is 0 Å². The quantitative estimate of drug-likeness (QED) is 0.732. The van der Waals surface area contributed by atoms with Crippen molar-refractivity contribution < 1.29 is 4.74 Å². The van der Waals surface area contributed by atoms with Gasteiger partial charge in [-0.25, -0.2) is 9.97 Å². The number of ether oxygens (including phenoxy) is 1. The molecule has 1 fully saturated rings. The Hall–Kier alpha value is -2.56. The summed E-state index contributed by atoms with van der Waals surface area (Å²) in [5, 5.41) is 1.19. The van der Waals surface area contributed by atoms with Gasteiger partial charge in [-0.05, 0) is 38.1 Å². The van der Waals surface area contributed by atoms with Gasteiger partial charge >= 0.3 is 0 Å². The van der Waals surface area contributed by atoms with Gasteiger partial charge in [0.15, 0.2) is 0 Å². The lowest BCUT2D eigenvalue weighted by Crippen LogP contribution is -2.39. The first-order valence-corrected chi connectivity index (χ1v) is 8.88. The predicted molar refractivity (Wildman–Crippen MR) is 100 cm³/mol. The summed E-state index contributed by atoms with van der Waals surface area (Å²) in [6.45, 7) is 5.90. The van der Waals surface area contributed by atoms with E-state index in [1.165, 1.54) is 10.9 Å². The molecule has 4 rings (SSSR count). The van der Waals surface area contributed by atoms with Crippen LogP contribution in [0.25, 0.3) is 10.9 Å². The third-order valence-electron chi connectivity index (χ3n) is 4.88. The summed E-state index contributed by atoms with van der Waals surface area (Å²) in [4.78, 5) is 11.4. The van der Waals surface area contributed by atoms with Crippen LogP contribution in [0.2, 0.25) is 0 Å². The van der Waals surface area contributed by atoms with Crippen molar-refractivity contribution >= 4 is 16.9 Å². The van der Waals surface area contributed by atoms with Crippen molar-refractivity contribution in [1.82, 2.24) is 14.5 Å². The molecule has 0 saturated carbocycles. The zero-order valence-corrected chi connectivity index (χ0v) is 15.1. The predicted octanol–water partition coefficient (Wildman–Crippen LogP) is 3.63. The van der Waals surface area contributed by atoms with Crippen LogP contribution in [-0.2, 0) is 7.05 Å². The minimum atomic E-state index is 0.243. The molecule has 5 heteroatoms. The van der Waals surface area contributed by atoms with E-state index < -0.39 is 0 Å². The standard InChI is InChI=1S/C20H24N4O/c1-14-13-15(2)22-20(21-14)24-11-7-16(8-12-24)25-19-6-4-5-18-17(19)9-10-23(18)3/h4-6,9-10,13,16H,7-8,11-12H2,1-3H3. The fraction of sp³-hybridized carbons (Fsp3) is 0.400. The Morgan fingerprint density at radius 1 is 1.04 bits per heavy atom. The van der Waals surface area contributed by atoms with Gasteiger partial charge < -0.3 is 14.2 Å². The lowest BCUT2D eigenvalue weighted by Gasteiger charge is -2.32. The Morgan fingerprint density at radius 3 is 2.48 bits per heavy atom. The molecule has 1 saturated heterocycles. The summed E-state index contributed by atoms with van der Waals surface area (Å²) in [5.41, 5.74) is 3.26. The van der Waals surface area contributed by atoms with Crippen molar-refractivity contribution in [3.8, 4) is 5.75 Å². The smallest absolute Gasteiger partial charge is 0.225 e. The monoisotopic (exact) mass is 336 g/mol. The second kappa shape index (κ2) is 6.39. The Kier molecular flexibility index (Phi) is 4.07. The van der Waals surface area contributed by atoms with Gasteiger partial charge in [0.1, 0.15) is 11.9 Å². The number of hydrogen-bond acceptors (Lipinski definition) is 4. The van der Waals surface area contributed by atoms with E-state index in [9.17, 15) is 0 Å². The van der Waals surface area contributed by atoms with Crippen molar-refractivity contribution in [2.75, 3.05) is 18.0 Å². The molecule has 130 valence electrons. The van der Waals surface area contributed by atoms with E-state index in [1.54, 1.807) is 0 Å². The van der Waals surface area contributed by atoms with Crippen LogP contribution < -0.4 is 9.64 Å². The molecule has 0 aliphatic carbocycles. The number of piperidine rings is 1. The Labute approximate surface area is 148 Å². The molecular weight excluding hydrogens is 312 g/mol. The molecule has 0 atom stereocenters. The molecule has 1 aromatic carbocycles. The van der Waals surface area contributed by atoms with Crippen molar-refractivity contribution in [2.24, 2.45) is 7.05 Å². The SMILES string of the molecule is Cc1cc(C)nc(N2CCC(Oc3cccc4c3ccn4C)CC2)n1. The summed E-state index contributed by atoms with van der Waals surface area (Å²) in [7, 11) is 2.06. The van der Waals surface area contributed by atoms with Crippen LogP contribution in [0, 0.1) is 13.8 Å². The molecule has 0 N–H and O–H groups in total. The fourth-order valence-corrected chi connectivity index (χ4v) is 3.58. The Morgan fingerprint density at radius 2 is 1.76 bits per heavy atom. The summed E-state index contributed by atoms with van der Waals surface area (Å²) in [6.07, 6.45) is 4.30. The number of benzene rings is 1. The second-order valence-corrected chi connectivity index (χ2v) is 6.87. The molecule has 1 aliphatic rings. The molecule has 1 aliphatic heterocycles. The van der Waals surface area contributed by atoms with Crippen LogP contribution in [0.3, 0.4) is 0 Å². The molecule has 5 nitrogen and oxygen atoms in total. The van der Waals surface area contributed by atoms with E-state index in [0.717, 1.165) is 49.0 Å². The first-order chi connectivity index (χ1) is 12.1. The van der Waals surface area contributed by atoms with E-state index in [0.29, 0.717) is 0 Å². The molecule has 2 aromatic heterocycles. The highest BCUT2D eigenvalue weighted by molar-refractivity contribution is 5.86. The third kappa shape index (κ3) is 3.18. The maximum Gasteiger partial charge on any atom is 0.225 e. The van der Waals surface area contributed by atoms with Gasteiger partial charge in [-0.1, -0.05) is 6.07 Å². The highest BCUT2D eigenvalue weighted by Crippen LogP contribution is 2.29. The summed E-state index contributed by atoms with van der Waals surface area (Å²) >= 11 is 0. The number of aryl methyl sites for hydroxylation is 3. The zero-order valence-electron chi connectivity index (χ0n) is 15.1. The van der Waals surface area contributed by atoms with Crippen molar-refractivity contribution in [3.63, 3.8) is 0 Å². The molecule has 3 heterocycles. The minimum Gasteiger partial charge on any atom is -0.490 e. The maximum absolute atomic E-state index is 6.33. The number of anilines is 1. The number of hydrogen-bond donors (Lipinski definition) is 0. The normalized spacial score (nSPS) is 15.7. The summed E-state index contributed by atoms with van der Waals surface area (Å²) in [6, 6.07) is 10.4. The fourth-order valence-electron chi connectivity index (χ4n) is 3.58. The average molecular weight is 336 g/mol. The summed E-state index contributed by atoms with van der Waals surface area (Å²) in [5.74, 6) is 1.83. The first kappa shape index (κ1) is 15.9. The first-order valence-electron chi connectivity index (χ1n) is 8.88. The molecule has 25 heavy (non-hydrogen) atoms. The number of nitrogens with zero attached hydrogens (tertiary/aromatic N) is 4.